The van der Waals surface area contributed by atoms with Gasteiger partial charge in [-0.2, -0.15) is 5.10 Å². The maximum absolute atomic E-state index is 5.19. The number of nitrogens with zero attached hydrogens (tertiary/aromatic N) is 7. The molecule has 8 heteroatoms. The van der Waals surface area contributed by atoms with Gasteiger partial charge in [-0.15, -0.1) is 0 Å². The molecule has 3 aliphatic heterocycles. The smallest absolute Gasteiger partial charge is 0.212 e. The molecule has 0 saturated carbocycles. The molecule has 2 unspecified atom stereocenters. The molecule has 0 aromatic carbocycles. The van der Waals surface area contributed by atoms with E-state index in [0.717, 1.165) is 48.8 Å². The van der Waals surface area contributed by atoms with E-state index in [4.69, 9.17) is 9.72 Å². The highest BCUT2D eigenvalue weighted by atomic mass is 16.5. The van der Waals surface area contributed by atoms with Crippen LogP contribution < -0.4 is 14.5 Å². The summed E-state index contributed by atoms with van der Waals surface area (Å²) in [7, 11) is 3.76. The first-order chi connectivity index (χ1) is 17.5. The van der Waals surface area contributed by atoms with E-state index < -0.39 is 0 Å². The molecule has 2 bridgehead atoms. The standard InChI is InChI=1S/C28H33N7O/c1-5-32(3)22-11-25(28-19(2)12-31-35(28)18-22)21-7-8-26(29-14-21)33-16-23-10-24(17-33)34(23)15-20-6-9-27(36-4)30-13-20/h6-9,11-14,18,23-24H,5,10,15-17H2,1-4H3. The summed E-state index contributed by atoms with van der Waals surface area (Å²) in [6, 6.07) is 11.8. The fraction of sp³-hybridized carbons (Fsp3) is 0.393. The van der Waals surface area contributed by atoms with Crippen molar-refractivity contribution in [2.75, 3.05) is 43.6 Å². The number of aryl methyl sites for hydroxylation is 1. The molecular weight excluding hydrogens is 450 g/mol. The van der Waals surface area contributed by atoms with Crippen molar-refractivity contribution in [2.24, 2.45) is 0 Å². The number of rotatable bonds is 7. The first-order valence-electron chi connectivity index (χ1n) is 12.7. The highest BCUT2D eigenvalue weighted by molar-refractivity contribution is 5.85. The Labute approximate surface area is 212 Å². The summed E-state index contributed by atoms with van der Waals surface area (Å²) in [4.78, 5) is 16.5. The molecule has 186 valence electrons. The minimum atomic E-state index is 0.558. The Balaban J connectivity index is 1.19. The van der Waals surface area contributed by atoms with E-state index in [1.807, 2.05) is 29.2 Å². The molecule has 0 aliphatic carbocycles. The zero-order valence-corrected chi connectivity index (χ0v) is 21.4. The Morgan fingerprint density at radius 2 is 1.89 bits per heavy atom. The summed E-state index contributed by atoms with van der Waals surface area (Å²) >= 11 is 0. The predicted molar refractivity (Wildman–Crippen MR) is 143 cm³/mol. The van der Waals surface area contributed by atoms with E-state index in [1.54, 1.807) is 7.11 Å². The van der Waals surface area contributed by atoms with Gasteiger partial charge in [-0.05, 0) is 49.6 Å². The maximum atomic E-state index is 5.19. The minimum absolute atomic E-state index is 0.558. The van der Waals surface area contributed by atoms with E-state index in [0.29, 0.717) is 18.0 Å². The van der Waals surface area contributed by atoms with Crippen molar-refractivity contribution in [1.29, 1.82) is 0 Å². The van der Waals surface area contributed by atoms with Gasteiger partial charge in [0.2, 0.25) is 5.88 Å². The van der Waals surface area contributed by atoms with Crippen molar-refractivity contribution in [3.63, 3.8) is 0 Å². The number of pyridine rings is 3. The monoisotopic (exact) mass is 483 g/mol. The molecule has 2 atom stereocenters. The van der Waals surface area contributed by atoms with Crippen LogP contribution in [-0.4, -0.2) is 70.4 Å². The average molecular weight is 484 g/mol. The summed E-state index contributed by atoms with van der Waals surface area (Å²) in [5, 5.41) is 4.58. The molecule has 4 aromatic heterocycles. The lowest BCUT2D eigenvalue weighted by atomic mass is 9.87. The summed E-state index contributed by atoms with van der Waals surface area (Å²) in [6.45, 7) is 8.17. The van der Waals surface area contributed by atoms with E-state index in [1.165, 1.54) is 23.1 Å². The van der Waals surface area contributed by atoms with Crippen molar-refractivity contribution >= 4 is 17.0 Å². The second-order valence-corrected chi connectivity index (χ2v) is 9.98. The van der Waals surface area contributed by atoms with Crippen LogP contribution in [0.3, 0.4) is 0 Å². The molecule has 36 heavy (non-hydrogen) atoms. The van der Waals surface area contributed by atoms with Gasteiger partial charge in [0.15, 0.2) is 0 Å². The van der Waals surface area contributed by atoms with Crippen LogP contribution in [0.25, 0.3) is 16.6 Å². The van der Waals surface area contributed by atoms with Gasteiger partial charge in [0.05, 0.1) is 30.7 Å². The normalized spacial score (nSPS) is 19.4. The number of piperazine rings is 1. The lowest BCUT2D eigenvalue weighted by molar-refractivity contribution is -0.00876. The Kier molecular flexibility index (Phi) is 5.76. The second-order valence-electron chi connectivity index (χ2n) is 9.98. The van der Waals surface area contributed by atoms with Crippen LogP contribution >= 0.6 is 0 Å². The molecule has 3 aliphatic rings. The molecule has 7 rings (SSSR count). The molecule has 0 spiro atoms. The number of aromatic nitrogens is 4. The topological polar surface area (TPSA) is 62.0 Å². The number of fused-ring (bicyclic) bond motifs is 3. The minimum Gasteiger partial charge on any atom is -0.481 e. The van der Waals surface area contributed by atoms with Gasteiger partial charge in [-0.1, -0.05) is 6.07 Å². The second kappa shape index (κ2) is 9.09. The summed E-state index contributed by atoms with van der Waals surface area (Å²) in [5.41, 5.74) is 6.98. The largest absolute Gasteiger partial charge is 0.481 e. The van der Waals surface area contributed by atoms with Crippen LogP contribution in [0, 0.1) is 6.92 Å². The van der Waals surface area contributed by atoms with Gasteiger partial charge in [0, 0.05) is 74.9 Å². The highest BCUT2D eigenvalue weighted by Gasteiger charge is 2.44. The van der Waals surface area contributed by atoms with Crippen molar-refractivity contribution in [2.45, 2.75) is 38.9 Å². The molecule has 7 heterocycles. The van der Waals surface area contributed by atoms with Crippen LogP contribution in [0.4, 0.5) is 11.5 Å². The third-order valence-corrected chi connectivity index (χ3v) is 7.79. The van der Waals surface area contributed by atoms with E-state index in [9.17, 15) is 0 Å². The number of piperidine rings is 1. The van der Waals surface area contributed by atoms with Crippen LogP contribution in [0.15, 0.2) is 55.1 Å². The van der Waals surface area contributed by atoms with Crippen LogP contribution in [0.2, 0.25) is 0 Å². The Bertz CT molecular complexity index is 1350. The van der Waals surface area contributed by atoms with Gasteiger partial charge >= 0.3 is 0 Å². The highest BCUT2D eigenvalue weighted by Crippen LogP contribution is 2.36. The van der Waals surface area contributed by atoms with Crippen LogP contribution in [0.1, 0.15) is 24.5 Å². The number of ether oxygens (including phenoxy) is 1. The zero-order chi connectivity index (χ0) is 24.8. The van der Waals surface area contributed by atoms with Gasteiger partial charge in [-0.25, -0.2) is 14.5 Å². The van der Waals surface area contributed by atoms with Gasteiger partial charge in [0.25, 0.3) is 0 Å². The molecular formula is C28H33N7O. The molecule has 0 amide bonds. The third-order valence-electron chi connectivity index (χ3n) is 7.79. The Hall–Kier alpha value is -3.65. The van der Waals surface area contributed by atoms with Crippen molar-refractivity contribution in [3.8, 4) is 17.0 Å². The fourth-order valence-corrected chi connectivity index (χ4v) is 5.57. The summed E-state index contributed by atoms with van der Waals surface area (Å²) in [6.07, 6.45) is 9.24. The Morgan fingerprint density at radius 1 is 1.06 bits per heavy atom. The zero-order valence-electron chi connectivity index (χ0n) is 21.4. The van der Waals surface area contributed by atoms with Crippen LogP contribution in [0.5, 0.6) is 5.88 Å². The number of methoxy groups -OCH3 is 1. The lowest BCUT2D eigenvalue weighted by Crippen LogP contribution is -2.68. The number of anilines is 2. The first kappa shape index (κ1) is 22.8. The van der Waals surface area contributed by atoms with Crippen LogP contribution in [-0.2, 0) is 6.54 Å². The SMILES string of the molecule is CCN(C)c1cc(-c2ccc(N3CC4CC(C3)N4Cc3ccc(OC)nc3)nc2)c2c(C)cnn2c1. The number of hydrogen-bond acceptors (Lipinski definition) is 7. The molecule has 3 saturated heterocycles. The summed E-state index contributed by atoms with van der Waals surface area (Å²) in [5.74, 6) is 1.72. The Morgan fingerprint density at radius 3 is 2.56 bits per heavy atom. The van der Waals surface area contributed by atoms with E-state index in [2.05, 4.69) is 76.1 Å². The van der Waals surface area contributed by atoms with Crippen molar-refractivity contribution < 1.29 is 4.74 Å². The van der Waals surface area contributed by atoms with E-state index >= 15 is 0 Å². The number of hydrogen-bond donors (Lipinski definition) is 0. The predicted octanol–water partition coefficient (Wildman–Crippen LogP) is 4.03. The van der Waals surface area contributed by atoms with Gasteiger partial charge in [-0.3, -0.25) is 4.90 Å². The third kappa shape index (κ3) is 3.95. The molecule has 0 radical (unpaired) electrons. The lowest BCUT2D eigenvalue weighted by Gasteiger charge is -2.56. The first-order valence-corrected chi connectivity index (χ1v) is 12.7. The fourth-order valence-electron chi connectivity index (χ4n) is 5.57. The molecule has 4 aromatic rings. The van der Waals surface area contributed by atoms with Gasteiger partial charge < -0.3 is 14.5 Å². The van der Waals surface area contributed by atoms with Crippen molar-refractivity contribution in [1.82, 2.24) is 24.5 Å². The molecule has 8 nitrogen and oxygen atoms in total. The molecule has 3 fully saturated rings. The molecule has 0 N–H and O–H groups in total. The van der Waals surface area contributed by atoms with Gasteiger partial charge in [0.1, 0.15) is 5.82 Å². The quantitative estimate of drug-likeness (QED) is 0.393. The average Bonchev–Trinajstić information content (AvgIpc) is 3.31. The van der Waals surface area contributed by atoms with Crippen molar-refractivity contribution in [3.05, 3.63) is 66.2 Å². The summed E-state index contributed by atoms with van der Waals surface area (Å²) < 4.78 is 7.18. The maximum Gasteiger partial charge on any atom is 0.212 e. The van der Waals surface area contributed by atoms with E-state index in [-0.39, 0.29) is 0 Å².